The number of benzene rings is 2. The van der Waals surface area contributed by atoms with Crippen molar-refractivity contribution in [2.24, 2.45) is 0 Å². The minimum absolute atomic E-state index is 0.0550. The number of carbonyl (C=O) groups is 2. The van der Waals surface area contributed by atoms with E-state index in [1.807, 2.05) is 0 Å². The van der Waals surface area contributed by atoms with Crippen LogP contribution in [0.1, 0.15) is 17.2 Å². The standard InChI is InChI=1S/C18H19NO6/c1-23-14-8-12(9-15(10-14)24-2)11-25-18(22)19-16(17(20)21)13-6-4-3-5-7-13/h3-10,16H,11H2,1-2H3,(H,19,22)(H,20,21)/t16-/m1/s1. The zero-order valence-electron chi connectivity index (χ0n) is 13.9. The van der Waals surface area contributed by atoms with Crippen molar-refractivity contribution in [1.29, 1.82) is 0 Å². The number of nitrogens with one attached hydrogen (secondary N) is 1. The van der Waals surface area contributed by atoms with Crippen LogP contribution in [0.5, 0.6) is 11.5 Å². The number of carboxylic acid groups (broad SMARTS) is 1. The van der Waals surface area contributed by atoms with E-state index in [-0.39, 0.29) is 6.61 Å². The molecule has 132 valence electrons. The van der Waals surface area contributed by atoms with E-state index in [1.165, 1.54) is 14.2 Å². The molecule has 2 aromatic rings. The van der Waals surface area contributed by atoms with Crippen LogP contribution in [0.15, 0.2) is 48.5 Å². The lowest BCUT2D eigenvalue weighted by molar-refractivity contribution is -0.139. The molecule has 7 nitrogen and oxygen atoms in total. The van der Waals surface area contributed by atoms with Crippen LogP contribution in [0.25, 0.3) is 0 Å². The summed E-state index contributed by atoms with van der Waals surface area (Å²) in [6, 6.07) is 12.3. The maximum atomic E-state index is 12.0. The van der Waals surface area contributed by atoms with Gasteiger partial charge < -0.3 is 24.6 Å². The molecule has 7 heteroatoms. The van der Waals surface area contributed by atoms with Gasteiger partial charge in [-0.05, 0) is 23.3 Å². The molecule has 0 spiro atoms. The molecule has 25 heavy (non-hydrogen) atoms. The average Bonchev–Trinajstić information content (AvgIpc) is 2.64. The van der Waals surface area contributed by atoms with Crippen molar-refractivity contribution in [1.82, 2.24) is 5.32 Å². The summed E-state index contributed by atoms with van der Waals surface area (Å²) < 4.78 is 15.4. The van der Waals surface area contributed by atoms with Crippen LogP contribution in [0, 0.1) is 0 Å². The smallest absolute Gasteiger partial charge is 0.408 e. The highest BCUT2D eigenvalue weighted by Gasteiger charge is 2.22. The van der Waals surface area contributed by atoms with Gasteiger partial charge in [-0.1, -0.05) is 30.3 Å². The summed E-state index contributed by atoms with van der Waals surface area (Å²) in [4.78, 5) is 23.3. The summed E-state index contributed by atoms with van der Waals surface area (Å²) in [5.41, 5.74) is 1.10. The number of hydrogen-bond acceptors (Lipinski definition) is 5. The Balaban J connectivity index is 2.01. The van der Waals surface area contributed by atoms with Crippen LogP contribution < -0.4 is 14.8 Å². The molecule has 0 saturated carbocycles. The van der Waals surface area contributed by atoms with E-state index in [4.69, 9.17) is 14.2 Å². The van der Waals surface area contributed by atoms with Gasteiger partial charge in [0, 0.05) is 6.07 Å². The molecule has 1 amide bonds. The van der Waals surface area contributed by atoms with Gasteiger partial charge in [0.1, 0.15) is 18.1 Å². The lowest BCUT2D eigenvalue weighted by atomic mass is 10.1. The van der Waals surface area contributed by atoms with Crippen molar-refractivity contribution in [3.05, 3.63) is 59.7 Å². The number of methoxy groups -OCH3 is 2. The molecule has 0 aliphatic rings. The van der Waals surface area contributed by atoms with Gasteiger partial charge in [0.15, 0.2) is 6.04 Å². The zero-order chi connectivity index (χ0) is 18.2. The second-order valence-electron chi connectivity index (χ2n) is 5.12. The molecule has 2 rings (SSSR count). The van der Waals surface area contributed by atoms with Crippen LogP contribution >= 0.6 is 0 Å². The van der Waals surface area contributed by atoms with Gasteiger partial charge in [0.2, 0.25) is 0 Å². The Kier molecular flexibility index (Phi) is 6.22. The normalized spacial score (nSPS) is 11.3. The van der Waals surface area contributed by atoms with Crippen LogP contribution in [0.4, 0.5) is 4.79 Å². The SMILES string of the molecule is COc1cc(COC(=O)N[C@@H](C(=O)O)c2ccccc2)cc(OC)c1. The third kappa shape index (κ3) is 5.13. The van der Waals surface area contributed by atoms with Crippen LogP contribution in [-0.2, 0) is 16.1 Å². The number of aliphatic carboxylic acids is 1. The van der Waals surface area contributed by atoms with Crippen molar-refractivity contribution in [3.63, 3.8) is 0 Å². The number of hydrogen-bond donors (Lipinski definition) is 2. The molecular formula is C18H19NO6. The second-order valence-corrected chi connectivity index (χ2v) is 5.12. The summed E-state index contributed by atoms with van der Waals surface area (Å²) in [6.45, 7) is -0.0550. The van der Waals surface area contributed by atoms with Gasteiger partial charge in [-0.25, -0.2) is 9.59 Å². The van der Waals surface area contributed by atoms with Gasteiger partial charge in [-0.2, -0.15) is 0 Å². The first-order valence-corrected chi connectivity index (χ1v) is 7.46. The van der Waals surface area contributed by atoms with E-state index in [1.54, 1.807) is 48.5 Å². The van der Waals surface area contributed by atoms with Crippen molar-refractivity contribution in [2.45, 2.75) is 12.6 Å². The van der Waals surface area contributed by atoms with E-state index in [2.05, 4.69) is 5.32 Å². The minimum Gasteiger partial charge on any atom is -0.497 e. The molecule has 0 saturated heterocycles. The Morgan fingerprint density at radius 2 is 1.64 bits per heavy atom. The number of amides is 1. The van der Waals surface area contributed by atoms with E-state index in [9.17, 15) is 14.7 Å². The van der Waals surface area contributed by atoms with E-state index in [0.717, 1.165) is 0 Å². The fourth-order valence-electron chi connectivity index (χ4n) is 2.19. The van der Waals surface area contributed by atoms with Crippen molar-refractivity contribution >= 4 is 12.1 Å². The van der Waals surface area contributed by atoms with Gasteiger partial charge in [0.25, 0.3) is 0 Å². The molecule has 0 aromatic heterocycles. The highest BCUT2D eigenvalue weighted by molar-refractivity contribution is 5.81. The first kappa shape index (κ1) is 18.1. The highest BCUT2D eigenvalue weighted by Crippen LogP contribution is 2.23. The fraction of sp³-hybridized carbons (Fsp3) is 0.222. The number of rotatable bonds is 7. The maximum absolute atomic E-state index is 12.0. The topological polar surface area (TPSA) is 94.1 Å². The summed E-state index contributed by atoms with van der Waals surface area (Å²) >= 11 is 0. The molecule has 2 N–H and O–H groups in total. The third-order valence-electron chi connectivity index (χ3n) is 3.42. The first-order valence-electron chi connectivity index (χ1n) is 7.46. The van der Waals surface area contributed by atoms with Crippen LogP contribution in [0.3, 0.4) is 0 Å². The minimum atomic E-state index is -1.19. The second kappa shape index (κ2) is 8.58. The highest BCUT2D eigenvalue weighted by atomic mass is 16.5. The van der Waals surface area contributed by atoms with Crippen molar-refractivity contribution in [2.75, 3.05) is 14.2 Å². The monoisotopic (exact) mass is 345 g/mol. The van der Waals surface area contributed by atoms with E-state index in [0.29, 0.717) is 22.6 Å². The summed E-state index contributed by atoms with van der Waals surface area (Å²) in [7, 11) is 3.03. The van der Waals surface area contributed by atoms with Crippen molar-refractivity contribution < 1.29 is 28.9 Å². The van der Waals surface area contributed by atoms with Crippen LogP contribution in [-0.4, -0.2) is 31.4 Å². The summed E-state index contributed by atoms with van der Waals surface area (Å²) in [5, 5.41) is 11.6. The fourth-order valence-corrected chi connectivity index (χ4v) is 2.19. The Morgan fingerprint density at radius 3 is 2.16 bits per heavy atom. The Hall–Kier alpha value is -3.22. The summed E-state index contributed by atoms with van der Waals surface area (Å²) in [5.74, 6) is -0.0525. The molecule has 0 bridgehead atoms. The Morgan fingerprint density at radius 1 is 1.04 bits per heavy atom. The number of alkyl carbamates (subject to hydrolysis) is 1. The third-order valence-corrected chi connectivity index (χ3v) is 3.42. The van der Waals surface area contributed by atoms with Crippen molar-refractivity contribution in [3.8, 4) is 11.5 Å². The maximum Gasteiger partial charge on any atom is 0.408 e. The van der Waals surface area contributed by atoms with Gasteiger partial charge in [-0.3, -0.25) is 0 Å². The summed E-state index contributed by atoms with van der Waals surface area (Å²) in [6.07, 6.45) is -0.835. The molecule has 2 aromatic carbocycles. The average molecular weight is 345 g/mol. The number of ether oxygens (including phenoxy) is 3. The van der Waals surface area contributed by atoms with E-state index < -0.39 is 18.1 Å². The van der Waals surface area contributed by atoms with Gasteiger partial charge >= 0.3 is 12.1 Å². The molecule has 0 fully saturated rings. The lowest BCUT2D eigenvalue weighted by Crippen LogP contribution is -2.34. The Bertz CT molecular complexity index is 709. The first-order chi connectivity index (χ1) is 12.0. The number of carbonyl (C=O) groups excluding carboxylic acids is 1. The molecule has 1 atom stereocenters. The number of carboxylic acids is 1. The predicted molar refractivity (Wildman–Crippen MR) is 89.7 cm³/mol. The molecule has 0 aliphatic carbocycles. The quantitative estimate of drug-likeness (QED) is 0.801. The van der Waals surface area contributed by atoms with Gasteiger partial charge in [-0.15, -0.1) is 0 Å². The molecular weight excluding hydrogens is 326 g/mol. The van der Waals surface area contributed by atoms with Gasteiger partial charge in [0.05, 0.1) is 14.2 Å². The molecule has 0 aliphatic heterocycles. The van der Waals surface area contributed by atoms with Crippen LogP contribution in [0.2, 0.25) is 0 Å². The lowest BCUT2D eigenvalue weighted by Gasteiger charge is -2.15. The largest absolute Gasteiger partial charge is 0.497 e. The predicted octanol–water partition coefficient (Wildman–Crippen LogP) is 2.76. The molecule has 0 heterocycles. The molecule has 0 radical (unpaired) electrons. The molecule has 0 unspecified atom stereocenters. The zero-order valence-corrected chi connectivity index (χ0v) is 13.9. The Labute approximate surface area is 145 Å². The van der Waals surface area contributed by atoms with E-state index >= 15 is 0 Å².